The minimum atomic E-state index is -4.31. The van der Waals surface area contributed by atoms with Crippen LogP contribution in [0.3, 0.4) is 0 Å². The van der Waals surface area contributed by atoms with Crippen LogP contribution in [-0.2, 0) is 4.74 Å². The quantitative estimate of drug-likeness (QED) is 0.639. The molecule has 1 N–H and O–H groups in total. The van der Waals surface area contributed by atoms with E-state index < -0.39 is 24.5 Å². The number of benzene rings is 1. The summed E-state index contributed by atoms with van der Waals surface area (Å²) in [5.41, 5.74) is 0.973. The number of fused-ring (bicyclic) bond motifs is 1. The largest absolute Gasteiger partial charge is 0.391 e. The lowest BCUT2D eigenvalue weighted by Gasteiger charge is -2.39. The molecule has 1 atom stereocenters. The number of hydrogen-bond acceptors (Lipinski definition) is 5. The molecule has 1 unspecified atom stereocenters. The monoisotopic (exact) mass is 375 g/mol. The summed E-state index contributed by atoms with van der Waals surface area (Å²) in [6.45, 7) is 0.558. The number of ether oxygens (including phenoxy) is 1. The molecule has 0 amide bonds. The van der Waals surface area contributed by atoms with E-state index in [-0.39, 0.29) is 13.2 Å². The van der Waals surface area contributed by atoms with E-state index in [1.165, 1.54) is 24.1 Å². The zero-order valence-electron chi connectivity index (χ0n) is 13.3. The third-order valence-corrected chi connectivity index (χ3v) is 5.33. The van der Waals surface area contributed by atoms with Gasteiger partial charge in [0.1, 0.15) is 17.3 Å². The van der Waals surface area contributed by atoms with E-state index in [1.807, 2.05) is 0 Å². The van der Waals surface area contributed by atoms with Gasteiger partial charge < -0.3 is 14.4 Å². The maximum absolute atomic E-state index is 14.1. The molecular formula is C16H17F4N3OS. The highest BCUT2D eigenvalue weighted by molar-refractivity contribution is 7.98. The van der Waals surface area contributed by atoms with Crippen LogP contribution in [0.1, 0.15) is 19.3 Å². The van der Waals surface area contributed by atoms with E-state index in [1.54, 1.807) is 4.90 Å². The lowest BCUT2D eigenvalue weighted by atomic mass is 10.1. The molecule has 0 spiro atoms. The number of alkyl halides is 3. The SMILES string of the molecule is Fc1cc2c(c(N3CCOCC3CC(F)(F)F)c1)N=C(C1CC1)NS2. The van der Waals surface area contributed by atoms with Gasteiger partial charge in [-0.1, -0.05) is 0 Å². The first-order valence-corrected chi connectivity index (χ1v) is 8.98. The predicted molar refractivity (Wildman–Crippen MR) is 87.8 cm³/mol. The second-order valence-electron chi connectivity index (χ2n) is 6.49. The van der Waals surface area contributed by atoms with E-state index in [9.17, 15) is 17.6 Å². The molecule has 4 rings (SSSR count). The van der Waals surface area contributed by atoms with Gasteiger partial charge in [-0.25, -0.2) is 9.38 Å². The second-order valence-corrected chi connectivity index (χ2v) is 7.34. The minimum absolute atomic E-state index is 0.0324. The summed E-state index contributed by atoms with van der Waals surface area (Å²) in [4.78, 5) is 6.80. The molecular weight excluding hydrogens is 358 g/mol. The van der Waals surface area contributed by atoms with Crippen molar-refractivity contribution in [3.8, 4) is 0 Å². The molecule has 25 heavy (non-hydrogen) atoms. The van der Waals surface area contributed by atoms with E-state index >= 15 is 0 Å². The maximum atomic E-state index is 14.1. The van der Waals surface area contributed by atoms with Crippen molar-refractivity contribution in [3.05, 3.63) is 17.9 Å². The zero-order chi connectivity index (χ0) is 17.6. The van der Waals surface area contributed by atoms with Gasteiger partial charge in [0.05, 0.1) is 36.3 Å². The number of hydrogen-bond donors (Lipinski definition) is 1. The summed E-state index contributed by atoms with van der Waals surface area (Å²) in [6.07, 6.45) is -3.21. The Morgan fingerprint density at radius 3 is 2.84 bits per heavy atom. The molecule has 1 aliphatic carbocycles. The molecule has 3 aliphatic rings. The van der Waals surface area contributed by atoms with Crippen LogP contribution in [0.25, 0.3) is 0 Å². The van der Waals surface area contributed by atoms with E-state index in [0.29, 0.717) is 28.8 Å². The minimum Gasteiger partial charge on any atom is -0.377 e. The summed E-state index contributed by atoms with van der Waals surface area (Å²) in [7, 11) is 0. The number of amidine groups is 1. The summed E-state index contributed by atoms with van der Waals surface area (Å²) in [5, 5.41) is 0. The Kier molecular flexibility index (Phi) is 4.31. The van der Waals surface area contributed by atoms with Gasteiger partial charge in [0.2, 0.25) is 0 Å². The van der Waals surface area contributed by atoms with Gasteiger partial charge in [0, 0.05) is 12.5 Å². The zero-order valence-corrected chi connectivity index (χ0v) is 14.1. The molecule has 1 aromatic carbocycles. The summed E-state index contributed by atoms with van der Waals surface area (Å²) in [6, 6.07) is 1.77. The Bertz CT molecular complexity index is 705. The molecule has 136 valence electrons. The number of halogens is 4. The highest BCUT2D eigenvalue weighted by Crippen LogP contribution is 2.45. The van der Waals surface area contributed by atoms with Crippen molar-refractivity contribution in [2.24, 2.45) is 10.9 Å². The van der Waals surface area contributed by atoms with Crippen LogP contribution in [-0.4, -0.2) is 37.8 Å². The number of morpholine rings is 1. The van der Waals surface area contributed by atoms with Crippen LogP contribution >= 0.6 is 11.9 Å². The van der Waals surface area contributed by atoms with Gasteiger partial charge in [-0.2, -0.15) is 13.2 Å². The van der Waals surface area contributed by atoms with Crippen molar-refractivity contribution in [1.82, 2.24) is 4.72 Å². The van der Waals surface area contributed by atoms with Crippen LogP contribution in [0.15, 0.2) is 22.0 Å². The Hall–Kier alpha value is -1.48. The molecule has 1 saturated heterocycles. The molecule has 0 aromatic heterocycles. The van der Waals surface area contributed by atoms with Crippen LogP contribution in [0.2, 0.25) is 0 Å². The molecule has 2 fully saturated rings. The van der Waals surface area contributed by atoms with E-state index in [0.717, 1.165) is 18.7 Å². The van der Waals surface area contributed by atoms with Crippen LogP contribution in [0, 0.1) is 11.7 Å². The summed E-state index contributed by atoms with van der Waals surface area (Å²) < 4.78 is 61.2. The predicted octanol–water partition coefficient (Wildman–Crippen LogP) is 4.03. The second kappa shape index (κ2) is 6.35. The Morgan fingerprint density at radius 1 is 1.32 bits per heavy atom. The lowest BCUT2D eigenvalue weighted by Crippen LogP contribution is -2.47. The first-order valence-electron chi connectivity index (χ1n) is 8.17. The number of aliphatic imine (C=N–C) groups is 1. The fraction of sp³-hybridized carbons (Fsp3) is 0.562. The smallest absolute Gasteiger partial charge is 0.377 e. The normalized spacial score (nSPS) is 23.8. The fourth-order valence-electron chi connectivity index (χ4n) is 3.16. The topological polar surface area (TPSA) is 36.9 Å². The van der Waals surface area contributed by atoms with Gasteiger partial charge in [-0.05, 0) is 36.9 Å². The van der Waals surface area contributed by atoms with Crippen LogP contribution < -0.4 is 9.62 Å². The van der Waals surface area contributed by atoms with Crippen LogP contribution in [0.5, 0.6) is 0 Å². The molecule has 2 aliphatic heterocycles. The molecule has 0 radical (unpaired) electrons. The van der Waals surface area contributed by atoms with Crippen molar-refractivity contribution in [1.29, 1.82) is 0 Å². The molecule has 1 saturated carbocycles. The van der Waals surface area contributed by atoms with E-state index in [2.05, 4.69) is 9.71 Å². The van der Waals surface area contributed by atoms with Gasteiger partial charge in [0.25, 0.3) is 0 Å². The Morgan fingerprint density at radius 2 is 2.12 bits per heavy atom. The third kappa shape index (κ3) is 3.72. The number of nitrogens with zero attached hydrogens (tertiary/aromatic N) is 2. The standard InChI is InChI=1S/C16H17F4N3OS/c17-10-5-12(23-3-4-24-8-11(23)7-16(18,19)20)14-13(6-10)25-22-15(21-14)9-1-2-9/h5-6,9,11H,1-4,7-8H2,(H,21,22). The molecule has 2 heterocycles. The van der Waals surface area contributed by atoms with Gasteiger partial charge in [0.15, 0.2) is 0 Å². The van der Waals surface area contributed by atoms with Crippen molar-refractivity contribution < 1.29 is 22.3 Å². The van der Waals surface area contributed by atoms with E-state index in [4.69, 9.17) is 4.74 Å². The van der Waals surface area contributed by atoms with Crippen molar-refractivity contribution in [2.75, 3.05) is 24.7 Å². The fourth-order valence-corrected chi connectivity index (χ4v) is 4.00. The third-order valence-electron chi connectivity index (χ3n) is 4.49. The van der Waals surface area contributed by atoms with Crippen molar-refractivity contribution >= 4 is 29.2 Å². The Balaban J connectivity index is 1.72. The van der Waals surface area contributed by atoms with Gasteiger partial charge >= 0.3 is 6.18 Å². The van der Waals surface area contributed by atoms with Gasteiger partial charge in [-0.15, -0.1) is 0 Å². The highest BCUT2D eigenvalue weighted by Gasteiger charge is 2.38. The molecule has 9 heteroatoms. The highest BCUT2D eigenvalue weighted by atomic mass is 32.2. The molecule has 0 bridgehead atoms. The summed E-state index contributed by atoms with van der Waals surface area (Å²) in [5.74, 6) is 0.713. The van der Waals surface area contributed by atoms with Gasteiger partial charge in [-0.3, -0.25) is 0 Å². The number of anilines is 1. The molecule has 1 aromatic rings. The lowest BCUT2D eigenvalue weighted by molar-refractivity contribution is -0.143. The molecule has 4 nitrogen and oxygen atoms in total. The number of rotatable bonds is 3. The van der Waals surface area contributed by atoms with Crippen molar-refractivity contribution in [3.63, 3.8) is 0 Å². The summed E-state index contributed by atoms with van der Waals surface area (Å²) >= 11 is 1.27. The average Bonchev–Trinajstić information content (AvgIpc) is 3.38. The average molecular weight is 375 g/mol. The first kappa shape index (κ1) is 17.0. The maximum Gasteiger partial charge on any atom is 0.391 e. The number of nitrogens with one attached hydrogen (secondary N) is 1. The first-order chi connectivity index (χ1) is 11.9. The van der Waals surface area contributed by atoms with Crippen LogP contribution in [0.4, 0.5) is 28.9 Å². The van der Waals surface area contributed by atoms with Crippen molar-refractivity contribution in [2.45, 2.75) is 36.4 Å². The Labute approximate surface area is 146 Å².